The molecular formula is C13H18N2O2. The summed E-state index contributed by atoms with van der Waals surface area (Å²) < 4.78 is 5.25. The van der Waals surface area contributed by atoms with Gasteiger partial charge in [-0.2, -0.15) is 0 Å². The normalized spacial score (nSPS) is 17.9. The maximum atomic E-state index is 11.7. The number of likely N-dealkylation sites (N-methyl/N-ethyl adjacent to an activating group) is 1. The fraction of sp³-hybridized carbons (Fsp3) is 0.462. The molecule has 0 aliphatic carbocycles. The molecule has 4 heteroatoms. The molecule has 1 saturated heterocycles. The number of hydrogen-bond acceptors (Lipinski definition) is 4. The van der Waals surface area contributed by atoms with Gasteiger partial charge in [-0.1, -0.05) is 18.2 Å². The number of para-hydroxylation sites is 1. The van der Waals surface area contributed by atoms with Gasteiger partial charge in [-0.05, 0) is 19.2 Å². The van der Waals surface area contributed by atoms with Gasteiger partial charge in [0, 0.05) is 26.2 Å². The van der Waals surface area contributed by atoms with Crippen molar-refractivity contribution in [2.45, 2.75) is 0 Å². The summed E-state index contributed by atoms with van der Waals surface area (Å²) in [4.78, 5) is 16.1. The van der Waals surface area contributed by atoms with Gasteiger partial charge in [0.15, 0.2) is 0 Å². The van der Waals surface area contributed by atoms with Crippen LogP contribution in [0.25, 0.3) is 0 Å². The van der Waals surface area contributed by atoms with Crippen LogP contribution in [0.2, 0.25) is 0 Å². The summed E-state index contributed by atoms with van der Waals surface area (Å²) >= 11 is 0. The molecule has 1 fully saturated rings. The molecule has 1 aromatic carbocycles. The molecule has 0 aromatic heterocycles. The van der Waals surface area contributed by atoms with E-state index in [0.29, 0.717) is 12.3 Å². The van der Waals surface area contributed by atoms with E-state index in [0.717, 1.165) is 26.2 Å². The van der Waals surface area contributed by atoms with Gasteiger partial charge in [0.1, 0.15) is 5.75 Å². The van der Waals surface area contributed by atoms with Crippen molar-refractivity contribution in [3.63, 3.8) is 0 Å². The summed E-state index contributed by atoms with van der Waals surface area (Å²) in [5.74, 6) is 0.437. The van der Waals surface area contributed by atoms with Gasteiger partial charge in [-0.25, -0.2) is 0 Å². The van der Waals surface area contributed by atoms with Crippen LogP contribution in [0.15, 0.2) is 30.3 Å². The SMILES string of the molecule is CN1CCN(CC(=O)Oc2ccccc2)CC1. The van der Waals surface area contributed by atoms with Crippen molar-refractivity contribution >= 4 is 5.97 Å². The number of benzene rings is 1. The predicted molar refractivity (Wildman–Crippen MR) is 66.0 cm³/mol. The van der Waals surface area contributed by atoms with Crippen molar-refractivity contribution in [3.8, 4) is 5.75 Å². The lowest BCUT2D eigenvalue weighted by molar-refractivity contribution is -0.136. The minimum absolute atomic E-state index is 0.180. The first-order chi connectivity index (χ1) is 8.24. The topological polar surface area (TPSA) is 32.8 Å². The standard InChI is InChI=1S/C13H18N2O2/c1-14-7-9-15(10-8-14)11-13(16)17-12-5-3-2-4-6-12/h2-6H,7-11H2,1H3. The van der Waals surface area contributed by atoms with E-state index in [1.165, 1.54) is 0 Å². The van der Waals surface area contributed by atoms with Crippen LogP contribution in [-0.4, -0.2) is 55.5 Å². The molecule has 1 heterocycles. The zero-order valence-corrected chi connectivity index (χ0v) is 10.1. The van der Waals surface area contributed by atoms with E-state index in [-0.39, 0.29) is 5.97 Å². The highest BCUT2D eigenvalue weighted by atomic mass is 16.5. The maximum Gasteiger partial charge on any atom is 0.325 e. The molecule has 0 bridgehead atoms. The lowest BCUT2D eigenvalue weighted by Gasteiger charge is -2.31. The van der Waals surface area contributed by atoms with Crippen LogP contribution in [0.4, 0.5) is 0 Å². The van der Waals surface area contributed by atoms with E-state index in [2.05, 4.69) is 16.8 Å². The first-order valence-corrected chi connectivity index (χ1v) is 5.90. The summed E-state index contributed by atoms with van der Waals surface area (Å²) in [6.45, 7) is 4.26. The Bertz CT molecular complexity index is 359. The highest BCUT2D eigenvalue weighted by Crippen LogP contribution is 2.09. The van der Waals surface area contributed by atoms with Gasteiger partial charge in [0.2, 0.25) is 0 Å². The van der Waals surface area contributed by atoms with Crippen LogP contribution in [0.3, 0.4) is 0 Å². The van der Waals surface area contributed by atoms with Crippen LogP contribution < -0.4 is 4.74 Å². The Balaban J connectivity index is 1.78. The second-order valence-electron chi connectivity index (χ2n) is 4.37. The predicted octanol–water partition coefficient (Wildman–Crippen LogP) is 0.839. The molecule has 1 aromatic rings. The molecule has 1 aliphatic rings. The molecule has 0 amide bonds. The van der Waals surface area contributed by atoms with Crippen LogP contribution in [0, 0.1) is 0 Å². The first kappa shape index (κ1) is 12.1. The third-order valence-corrected chi connectivity index (χ3v) is 2.92. The number of carbonyl (C=O) groups is 1. The van der Waals surface area contributed by atoms with E-state index in [1.54, 1.807) is 12.1 Å². The lowest BCUT2D eigenvalue weighted by Crippen LogP contribution is -2.46. The van der Waals surface area contributed by atoms with Gasteiger partial charge >= 0.3 is 5.97 Å². The van der Waals surface area contributed by atoms with Crippen molar-refractivity contribution in [1.82, 2.24) is 9.80 Å². The zero-order valence-electron chi connectivity index (χ0n) is 10.1. The van der Waals surface area contributed by atoms with Crippen molar-refractivity contribution in [3.05, 3.63) is 30.3 Å². The monoisotopic (exact) mass is 234 g/mol. The number of carbonyl (C=O) groups excluding carboxylic acids is 1. The lowest BCUT2D eigenvalue weighted by atomic mass is 10.3. The van der Waals surface area contributed by atoms with Crippen molar-refractivity contribution in [2.75, 3.05) is 39.8 Å². The van der Waals surface area contributed by atoms with Gasteiger partial charge in [-0.15, -0.1) is 0 Å². The van der Waals surface area contributed by atoms with Crippen molar-refractivity contribution in [2.24, 2.45) is 0 Å². The summed E-state index contributed by atoms with van der Waals surface area (Å²) in [7, 11) is 2.10. The molecule has 0 N–H and O–H groups in total. The fourth-order valence-corrected chi connectivity index (χ4v) is 1.84. The average molecular weight is 234 g/mol. The minimum atomic E-state index is -0.180. The maximum absolute atomic E-state index is 11.7. The minimum Gasteiger partial charge on any atom is -0.426 e. The molecule has 0 unspecified atom stereocenters. The van der Waals surface area contributed by atoms with E-state index < -0.39 is 0 Å². The van der Waals surface area contributed by atoms with Gasteiger partial charge in [-0.3, -0.25) is 9.69 Å². The Morgan fingerprint density at radius 3 is 2.47 bits per heavy atom. The van der Waals surface area contributed by atoms with Crippen molar-refractivity contribution in [1.29, 1.82) is 0 Å². The Kier molecular flexibility index (Phi) is 4.12. The van der Waals surface area contributed by atoms with Gasteiger partial charge in [0.05, 0.1) is 6.54 Å². The van der Waals surface area contributed by atoms with Crippen molar-refractivity contribution < 1.29 is 9.53 Å². The van der Waals surface area contributed by atoms with Crippen LogP contribution in [-0.2, 0) is 4.79 Å². The Hall–Kier alpha value is -1.39. The highest BCUT2D eigenvalue weighted by molar-refractivity contribution is 5.74. The molecule has 0 radical (unpaired) electrons. The second kappa shape index (κ2) is 5.80. The number of esters is 1. The molecule has 92 valence electrons. The molecule has 0 saturated carbocycles. The van der Waals surface area contributed by atoms with Crippen LogP contribution >= 0.6 is 0 Å². The smallest absolute Gasteiger partial charge is 0.325 e. The second-order valence-corrected chi connectivity index (χ2v) is 4.37. The fourth-order valence-electron chi connectivity index (χ4n) is 1.84. The number of rotatable bonds is 3. The molecule has 0 atom stereocenters. The van der Waals surface area contributed by atoms with E-state index >= 15 is 0 Å². The van der Waals surface area contributed by atoms with E-state index in [9.17, 15) is 4.79 Å². The zero-order chi connectivity index (χ0) is 12.1. The Morgan fingerprint density at radius 2 is 1.82 bits per heavy atom. The average Bonchev–Trinajstić information content (AvgIpc) is 2.33. The third-order valence-electron chi connectivity index (χ3n) is 2.92. The summed E-state index contributed by atoms with van der Waals surface area (Å²) in [5.41, 5.74) is 0. The Morgan fingerprint density at radius 1 is 1.18 bits per heavy atom. The van der Waals surface area contributed by atoms with Crippen LogP contribution in [0.5, 0.6) is 5.75 Å². The van der Waals surface area contributed by atoms with Gasteiger partial charge < -0.3 is 9.64 Å². The summed E-state index contributed by atoms with van der Waals surface area (Å²) in [5, 5.41) is 0. The highest BCUT2D eigenvalue weighted by Gasteiger charge is 2.17. The number of piperazine rings is 1. The molecule has 2 rings (SSSR count). The number of nitrogens with zero attached hydrogens (tertiary/aromatic N) is 2. The molecular weight excluding hydrogens is 216 g/mol. The third kappa shape index (κ3) is 3.84. The Labute approximate surface area is 102 Å². The van der Waals surface area contributed by atoms with Gasteiger partial charge in [0.25, 0.3) is 0 Å². The summed E-state index contributed by atoms with van der Waals surface area (Å²) in [6.07, 6.45) is 0. The largest absolute Gasteiger partial charge is 0.426 e. The number of ether oxygens (including phenoxy) is 1. The molecule has 0 spiro atoms. The number of hydrogen-bond donors (Lipinski definition) is 0. The quantitative estimate of drug-likeness (QED) is 0.573. The van der Waals surface area contributed by atoms with E-state index in [1.807, 2.05) is 18.2 Å². The molecule has 17 heavy (non-hydrogen) atoms. The summed E-state index contributed by atoms with van der Waals surface area (Å²) in [6, 6.07) is 9.21. The first-order valence-electron chi connectivity index (χ1n) is 5.90. The van der Waals surface area contributed by atoms with Crippen LogP contribution in [0.1, 0.15) is 0 Å². The molecule has 4 nitrogen and oxygen atoms in total. The van der Waals surface area contributed by atoms with E-state index in [4.69, 9.17) is 4.74 Å². The molecule has 1 aliphatic heterocycles.